The molecule has 10 nitrogen and oxygen atoms in total. The van der Waals surface area contributed by atoms with Crippen LogP contribution < -0.4 is 15.4 Å². The molecule has 2 N–H and O–H groups in total. The summed E-state index contributed by atoms with van der Waals surface area (Å²) < 4.78 is 5.22. The molecule has 0 aliphatic carbocycles. The van der Waals surface area contributed by atoms with E-state index in [9.17, 15) is 9.59 Å². The van der Waals surface area contributed by atoms with E-state index >= 15 is 0 Å². The number of anilines is 1. The van der Waals surface area contributed by atoms with Crippen molar-refractivity contribution in [1.29, 1.82) is 0 Å². The van der Waals surface area contributed by atoms with Crippen molar-refractivity contribution in [3.8, 4) is 5.75 Å². The minimum Gasteiger partial charge on any atom is -0.497 e. The van der Waals surface area contributed by atoms with Crippen LogP contribution in [0.2, 0.25) is 0 Å². The number of amides is 3. The van der Waals surface area contributed by atoms with E-state index in [1.165, 1.54) is 16.0 Å². The average molecular weight is 518 g/mol. The Hall–Kier alpha value is -4.05. The molecule has 0 saturated carbocycles. The normalized spacial score (nSPS) is 13.2. The summed E-state index contributed by atoms with van der Waals surface area (Å²) in [6.45, 7) is 8.00. The Balaban J connectivity index is 1.45. The average Bonchev–Trinajstić information content (AvgIpc) is 3.26. The summed E-state index contributed by atoms with van der Waals surface area (Å²) in [7, 11) is 1.63. The molecule has 4 rings (SSSR count). The lowest BCUT2D eigenvalue weighted by Crippen LogP contribution is -2.29. The first kappa shape index (κ1) is 27.0. The minimum atomic E-state index is -0.436. The van der Waals surface area contributed by atoms with E-state index in [2.05, 4.69) is 68.6 Å². The van der Waals surface area contributed by atoms with Crippen molar-refractivity contribution < 1.29 is 14.3 Å². The molecule has 0 unspecified atom stereocenters. The van der Waals surface area contributed by atoms with Gasteiger partial charge in [-0.05, 0) is 48.3 Å². The van der Waals surface area contributed by atoms with Crippen LogP contribution in [-0.2, 0) is 37.3 Å². The number of imide groups is 1. The molecule has 3 aromatic rings. The molecular weight excluding hydrogens is 482 g/mol. The first-order valence-electron chi connectivity index (χ1n) is 12.9. The van der Waals surface area contributed by atoms with Crippen LogP contribution in [-0.4, -0.2) is 63.4 Å². The number of carbonyl (C=O) groups is 2. The zero-order chi connectivity index (χ0) is 26.9. The number of rotatable bonds is 13. The number of aryl methyl sites for hydroxylation is 2. The highest BCUT2D eigenvalue weighted by Crippen LogP contribution is 2.15. The van der Waals surface area contributed by atoms with Gasteiger partial charge in [0.1, 0.15) is 18.1 Å². The van der Waals surface area contributed by atoms with Crippen molar-refractivity contribution >= 4 is 17.9 Å². The van der Waals surface area contributed by atoms with Crippen LogP contribution in [0.25, 0.3) is 0 Å². The van der Waals surface area contributed by atoms with Crippen molar-refractivity contribution in [2.45, 2.75) is 46.3 Å². The molecule has 38 heavy (non-hydrogen) atoms. The third-order valence-electron chi connectivity index (χ3n) is 6.50. The molecule has 1 aliphatic heterocycles. The summed E-state index contributed by atoms with van der Waals surface area (Å²) in [6, 6.07) is 16.0. The summed E-state index contributed by atoms with van der Waals surface area (Å²) in [5, 5.41) is 5.56. The Morgan fingerprint density at radius 1 is 0.895 bits per heavy atom. The van der Waals surface area contributed by atoms with Crippen LogP contribution in [0.3, 0.4) is 0 Å². The number of nitrogens with one attached hydrogen (secondary N) is 2. The van der Waals surface area contributed by atoms with Crippen LogP contribution in [0.4, 0.5) is 10.7 Å². The van der Waals surface area contributed by atoms with Crippen molar-refractivity contribution in [2.75, 3.05) is 32.1 Å². The molecule has 1 saturated heterocycles. The van der Waals surface area contributed by atoms with Gasteiger partial charge in [0, 0.05) is 19.5 Å². The Bertz CT molecular complexity index is 1230. The van der Waals surface area contributed by atoms with Crippen LogP contribution in [0.5, 0.6) is 5.75 Å². The maximum atomic E-state index is 12.1. The predicted octanol–water partition coefficient (Wildman–Crippen LogP) is 3.17. The first-order chi connectivity index (χ1) is 18.4. The summed E-state index contributed by atoms with van der Waals surface area (Å²) >= 11 is 0. The van der Waals surface area contributed by atoms with E-state index in [1.807, 2.05) is 24.3 Å². The summed E-state index contributed by atoms with van der Waals surface area (Å²) in [5.74, 6) is 1.96. The predicted molar refractivity (Wildman–Crippen MR) is 145 cm³/mol. The molecule has 2 heterocycles. The molecule has 3 amide bonds. The zero-order valence-corrected chi connectivity index (χ0v) is 22.2. The highest BCUT2D eigenvalue weighted by molar-refractivity contribution is 6.01. The van der Waals surface area contributed by atoms with Gasteiger partial charge in [-0.1, -0.05) is 50.2 Å². The zero-order valence-electron chi connectivity index (χ0n) is 22.2. The molecule has 1 fully saturated rings. The van der Waals surface area contributed by atoms with Gasteiger partial charge in [-0.3, -0.25) is 15.0 Å². The van der Waals surface area contributed by atoms with Crippen molar-refractivity contribution in [3.63, 3.8) is 0 Å². The molecule has 1 aliphatic rings. The van der Waals surface area contributed by atoms with E-state index in [0.717, 1.165) is 37.4 Å². The van der Waals surface area contributed by atoms with Crippen LogP contribution in [0, 0.1) is 0 Å². The molecule has 2 aromatic carbocycles. The summed E-state index contributed by atoms with van der Waals surface area (Å²) in [4.78, 5) is 41.2. The largest absolute Gasteiger partial charge is 0.497 e. The molecule has 0 atom stereocenters. The maximum absolute atomic E-state index is 12.1. The highest BCUT2D eigenvalue weighted by Gasteiger charge is 2.27. The third kappa shape index (κ3) is 7.48. The van der Waals surface area contributed by atoms with Crippen LogP contribution in [0.15, 0.2) is 48.5 Å². The van der Waals surface area contributed by atoms with Gasteiger partial charge >= 0.3 is 6.03 Å². The smallest absolute Gasteiger partial charge is 0.324 e. The number of ether oxygens (including phenoxy) is 1. The second-order valence-electron chi connectivity index (χ2n) is 9.18. The molecule has 0 spiro atoms. The standard InChI is InChI=1S/C28H35N7O3/c1-4-34(5-2)17-22-8-6-20(7-9-22)12-15-24-30-25(18-35-19-26(36)33-28(35)37)32-27(31-24)29-16-21-10-13-23(38-3)14-11-21/h6-11,13-14H,4-5,12,15-19H2,1-3H3,(H,33,36,37)(H,29,30,31,32). The van der Waals surface area contributed by atoms with Gasteiger partial charge in [-0.25, -0.2) is 9.78 Å². The maximum Gasteiger partial charge on any atom is 0.324 e. The molecule has 10 heteroatoms. The molecule has 200 valence electrons. The topological polar surface area (TPSA) is 113 Å². The molecule has 0 radical (unpaired) electrons. The number of aromatic nitrogens is 3. The first-order valence-corrected chi connectivity index (χ1v) is 12.9. The van der Waals surface area contributed by atoms with Gasteiger partial charge in [0.15, 0.2) is 5.82 Å². The number of urea groups is 1. The summed E-state index contributed by atoms with van der Waals surface area (Å²) in [5.41, 5.74) is 3.54. The van der Waals surface area contributed by atoms with Gasteiger partial charge in [-0.2, -0.15) is 9.97 Å². The number of nitrogens with zero attached hydrogens (tertiary/aromatic N) is 5. The fraction of sp³-hybridized carbons (Fsp3) is 0.393. The fourth-order valence-electron chi connectivity index (χ4n) is 4.21. The Morgan fingerprint density at radius 2 is 1.55 bits per heavy atom. The van der Waals surface area contributed by atoms with E-state index in [0.29, 0.717) is 30.6 Å². The molecule has 1 aromatic heterocycles. The second-order valence-corrected chi connectivity index (χ2v) is 9.18. The fourth-order valence-corrected chi connectivity index (χ4v) is 4.21. The van der Waals surface area contributed by atoms with Crippen LogP contribution in [0.1, 0.15) is 42.2 Å². The Labute approximate surface area is 223 Å². The van der Waals surface area contributed by atoms with Crippen molar-refractivity contribution in [2.24, 2.45) is 0 Å². The van der Waals surface area contributed by atoms with Gasteiger partial charge in [0.2, 0.25) is 11.9 Å². The number of hydrogen-bond donors (Lipinski definition) is 2. The number of hydrogen-bond acceptors (Lipinski definition) is 8. The van der Waals surface area contributed by atoms with E-state index < -0.39 is 6.03 Å². The number of benzene rings is 2. The van der Waals surface area contributed by atoms with Gasteiger partial charge in [-0.15, -0.1) is 0 Å². The number of methoxy groups -OCH3 is 1. The van der Waals surface area contributed by atoms with Crippen LogP contribution >= 0.6 is 0 Å². The number of carbonyl (C=O) groups excluding carboxylic acids is 2. The van der Waals surface area contributed by atoms with E-state index in [4.69, 9.17) is 4.74 Å². The second kappa shape index (κ2) is 13.0. The minimum absolute atomic E-state index is 0.00566. The lowest BCUT2D eigenvalue weighted by atomic mass is 10.1. The Kier molecular flexibility index (Phi) is 9.21. The highest BCUT2D eigenvalue weighted by atomic mass is 16.5. The SMILES string of the molecule is CCN(CC)Cc1ccc(CCc2nc(CN3CC(=O)NC3=O)nc(NCc3ccc(OC)cc3)n2)cc1. The van der Waals surface area contributed by atoms with Crippen molar-refractivity contribution in [1.82, 2.24) is 30.1 Å². The lowest BCUT2D eigenvalue weighted by Gasteiger charge is -2.18. The van der Waals surface area contributed by atoms with Gasteiger partial charge in [0.25, 0.3) is 0 Å². The van der Waals surface area contributed by atoms with E-state index in [1.54, 1.807) is 7.11 Å². The third-order valence-corrected chi connectivity index (χ3v) is 6.50. The summed E-state index contributed by atoms with van der Waals surface area (Å²) in [6.07, 6.45) is 1.39. The van der Waals surface area contributed by atoms with E-state index in [-0.39, 0.29) is 19.0 Å². The quantitative estimate of drug-likeness (QED) is 0.333. The van der Waals surface area contributed by atoms with Gasteiger partial charge < -0.3 is 15.0 Å². The Morgan fingerprint density at radius 3 is 2.18 bits per heavy atom. The monoisotopic (exact) mass is 517 g/mol. The van der Waals surface area contributed by atoms with Gasteiger partial charge in [0.05, 0.1) is 13.7 Å². The van der Waals surface area contributed by atoms with Crippen molar-refractivity contribution in [3.05, 3.63) is 76.9 Å². The molecule has 0 bridgehead atoms. The lowest BCUT2D eigenvalue weighted by molar-refractivity contribution is -0.118. The molecular formula is C28H35N7O3.